The summed E-state index contributed by atoms with van der Waals surface area (Å²) in [5.74, 6) is -0.902. The molecule has 6 nitrogen and oxygen atoms in total. The van der Waals surface area contributed by atoms with Crippen LogP contribution < -0.4 is 0 Å². The highest BCUT2D eigenvalue weighted by Crippen LogP contribution is 2.16. The monoisotopic (exact) mass is 1030 g/mol. The molecule has 0 N–H and O–H groups in total. The van der Waals surface area contributed by atoms with Crippen molar-refractivity contribution >= 4 is 17.9 Å². The summed E-state index contributed by atoms with van der Waals surface area (Å²) in [5, 5.41) is 0. The number of esters is 3. The van der Waals surface area contributed by atoms with Gasteiger partial charge in [-0.2, -0.15) is 0 Å². The summed E-state index contributed by atoms with van der Waals surface area (Å²) < 4.78 is 16.9. The number of allylic oxidation sites excluding steroid dienone is 16. The molecule has 424 valence electrons. The van der Waals surface area contributed by atoms with E-state index < -0.39 is 6.10 Å². The van der Waals surface area contributed by atoms with Gasteiger partial charge in [-0.25, -0.2) is 0 Å². The van der Waals surface area contributed by atoms with E-state index in [9.17, 15) is 14.4 Å². The molecule has 0 rings (SSSR count). The maximum absolute atomic E-state index is 12.9. The first-order chi connectivity index (χ1) is 36.5. The summed E-state index contributed by atoms with van der Waals surface area (Å²) in [6, 6.07) is 0. The van der Waals surface area contributed by atoms with E-state index in [1.54, 1.807) is 0 Å². The Kier molecular flexibility index (Phi) is 58.8. The quantitative estimate of drug-likeness (QED) is 0.0261. The molecule has 0 aliphatic rings. The van der Waals surface area contributed by atoms with Crippen LogP contribution in [0.25, 0.3) is 0 Å². The lowest BCUT2D eigenvalue weighted by Gasteiger charge is -2.18. The Morgan fingerprint density at radius 3 is 0.878 bits per heavy atom. The predicted octanol–water partition coefficient (Wildman–Crippen LogP) is 21.3. The first kappa shape index (κ1) is 70.3. The maximum Gasteiger partial charge on any atom is 0.306 e. The Morgan fingerprint density at radius 2 is 0.541 bits per heavy atom. The fraction of sp³-hybridized carbons (Fsp3) is 0.721. The van der Waals surface area contributed by atoms with Crippen molar-refractivity contribution in [3.8, 4) is 0 Å². The van der Waals surface area contributed by atoms with Crippen molar-refractivity contribution in [2.24, 2.45) is 0 Å². The van der Waals surface area contributed by atoms with Gasteiger partial charge < -0.3 is 14.2 Å². The van der Waals surface area contributed by atoms with Crippen LogP contribution >= 0.6 is 0 Å². The molecule has 0 spiro atoms. The molecule has 0 aliphatic heterocycles. The average Bonchev–Trinajstić information content (AvgIpc) is 3.40. The number of unbranched alkanes of at least 4 members (excludes halogenated alkanes) is 29. The molecule has 0 radical (unpaired) electrons. The summed E-state index contributed by atoms with van der Waals surface area (Å²) >= 11 is 0. The average molecular weight is 1030 g/mol. The fourth-order valence-corrected chi connectivity index (χ4v) is 8.60. The lowest BCUT2D eigenvalue weighted by molar-refractivity contribution is -0.167. The molecule has 0 aromatic carbocycles. The molecule has 6 heteroatoms. The Labute approximate surface area is 457 Å². The van der Waals surface area contributed by atoms with E-state index >= 15 is 0 Å². The summed E-state index contributed by atoms with van der Waals surface area (Å²) in [6.07, 6.45) is 82.7. The second-order valence-corrected chi connectivity index (χ2v) is 20.6. The van der Waals surface area contributed by atoms with Crippen LogP contribution in [0.4, 0.5) is 0 Å². The van der Waals surface area contributed by atoms with Gasteiger partial charge in [0.25, 0.3) is 0 Å². The van der Waals surface area contributed by atoms with Gasteiger partial charge >= 0.3 is 17.9 Å². The van der Waals surface area contributed by atoms with Gasteiger partial charge in [-0.05, 0) is 116 Å². The van der Waals surface area contributed by atoms with E-state index in [1.165, 1.54) is 135 Å². The van der Waals surface area contributed by atoms with Crippen molar-refractivity contribution in [3.05, 3.63) is 97.2 Å². The highest BCUT2D eigenvalue weighted by Gasteiger charge is 2.19. The van der Waals surface area contributed by atoms with E-state index in [4.69, 9.17) is 14.2 Å². The van der Waals surface area contributed by atoms with Crippen molar-refractivity contribution in [1.82, 2.24) is 0 Å². The van der Waals surface area contributed by atoms with Gasteiger partial charge in [0.05, 0.1) is 0 Å². The lowest BCUT2D eigenvalue weighted by atomic mass is 10.0. The summed E-state index contributed by atoms with van der Waals surface area (Å²) in [5.41, 5.74) is 0. The molecule has 0 fully saturated rings. The van der Waals surface area contributed by atoms with E-state index in [1.807, 2.05) is 0 Å². The highest BCUT2D eigenvalue weighted by molar-refractivity contribution is 5.71. The Hall–Kier alpha value is -3.67. The third kappa shape index (κ3) is 59.2. The molecule has 0 aromatic heterocycles. The topological polar surface area (TPSA) is 78.9 Å². The Morgan fingerprint density at radius 1 is 0.284 bits per heavy atom. The van der Waals surface area contributed by atoms with E-state index in [2.05, 4.69) is 118 Å². The normalized spacial score (nSPS) is 12.7. The molecule has 1 unspecified atom stereocenters. The Balaban J connectivity index is 4.24. The zero-order valence-corrected chi connectivity index (χ0v) is 48.6. The minimum atomic E-state index is -0.788. The van der Waals surface area contributed by atoms with Gasteiger partial charge in [-0.1, -0.05) is 259 Å². The molecule has 0 aliphatic carbocycles. The molecular weight excluding hydrogens is 913 g/mol. The van der Waals surface area contributed by atoms with Gasteiger partial charge in [0.15, 0.2) is 6.10 Å². The van der Waals surface area contributed by atoms with Crippen molar-refractivity contribution in [3.63, 3.8) is 0 Å². The standard InChI is InChI=1S/C68H116O6/c1-4-7-10-13-16-19-22-25-27-28-29-30-31-32-33-34-35-36-37-38-39-40-41-44-46-49-52-55-58-61-67(70)73-64-65(63-72-66(69)60-57-54-51-48-45-42-24-21-18-15-12-9-6-3)74-68(71)62-59-56-53-50-47-43-26-23-20-17-14-11-8-5-2/h7,10,14,16-17,19,21,23-27,29-30,32-33,65H,4-6,8-9,11-13,15,18,20,22,28,31,34-64H2,1-3H3/b10-7-,17-14-,19-16-,24-21-,26-23-,27-25-,30-29-,33-32-. The lowest BCUT2D eigenvalue weighted by Crippen LogP contribution is -2.30. The zero-order valence-electron chi connectivity index (χ0n) is 48.6. The van der Waals surface area contributed by atoms with Crippen molar-refractivity contribution in [2.75, 3.05) is 13.2 Å². The molecule has 0 saturated heterocycles. The van der Waals surface area contributed by atoms with Gasteiger partial charge in [0.2, 0.25) is 0 Å². The van der Waals surface area contributed by atoms with Crippen LogP contribution in [0.3, 0.4) is 0 Å². The van der Waals surface area contributed by atoms with Crippen LogP contribution in [0.1, 0.15) is 297 Å². The van der Waals surface area contributed by atoms with E-state index in [0.717, 1.165) is 122 Å². The maximum atomic E-state index is 12.9. The molecular formula is C68H116O6. The largest absolute Gasteiger partial charge is 0.462 e. The summed E-state index contributed by atoms with van der Waals surface area (Å²) in [7, 11) is 0. The van der Waals surface area contributed by atoms with Crippen molar-refractivity contribution in [1.29, 1.82) is 0 Å². The molecule has 0 bridgehead atoms. The molecule has 74 heavy (non-hydrogen) atoms. The smallest absolute Gasteiger partial charge is 0.306 e. The number of carbonyl (C=O) groups excluding carboxylic acids is 3. The van der Waals surface area contributed by atoms with E-state index in [0.29, 0.717) is 19.3 Å². The second kappa shape index (κ2) is 61.9. The van der Waals surface area contributed by atoms with Crippen LogP contribution in [-0.2, 0) is 28.6 Å². The first-order valence-electron chi connectivity index (χ1n) is 31.2. The second-order valence-electron chi connectivity index (χ2n) is 20.6. The van der Waals surface area contributed by atoms with Crippen molar-refractivity contribution < 1.29 is 28.6 Å². The molecule has 1 atom stereocenters. The van der Waals surface area contributed by atoms with Gasteiger partial charge in [-0.3, -0.25) is 14.4 Å². The minimum Gasteiger partial charge on any atom is -0.462 e. The SMILES string of the molecule is CC/C=C\C/C=C\C/C=C\C/C=C\C/C=C\CCCCCCCCCCCCCCCC(=O)OCC(COC(=O)CCCCCCC/C=C\CCCCCC)OC(=O)CCCCCCC/C=C\C/C=C\CCCC. The molecule has 0 aromatic rings. The third-order valence-electron chi connectivity index (χ3n) is 13.3. The van der Waals surface area contributed by atoms with Crippen LogP contribution in [0.15, 0.2) is 97.2 Å². The fourth-order valence-electron chi connectivity index (χ4n) is 8.60. The molecule has 0 saturated carbocycles. The first-order valence-corrected chi connectivity index (χ1v) is 31.2. The van der Waals surface area contributed by atoms with Crippen molar-refractivity contribution in [2.45, 2.75) is 303 Å². The zero-order chi connectivity index (χ0) is 53.6. The van der Waals surface area contributed by atoms with Gasteiger partial charge in [0.1, 0.15) is 13.2 Å². The van der Waals surface area contributed by atoms with Crippen LogP contribution in [0.2, 0.25) is 0 Å². The number of carbonyl (C=O) groups is 3. The number of rotatable bonds is 56. The number of hydrogen-bond acceptors (Lipinski definition) is 6. The highest BCUT2D eigenvalue weighted by atomic mass is 16.6. The Bertz CT molecular complexity index is 1460. The van der Waals surface area contributed by atoms with Crippen LogP contribution in [-0.4, -0.2) is 37.2 Å². The molecule has 0 heterocycles. The minimum absolute atomic E-state index is 0.0851. The van der Waals surface area contributed by atoms with Crippen LogP contribution in [0, 0.1) is 0 Å². The summed E-state index contributed by atoms with van der Waals surface area (Å²) in [4.78, 5) is 38.2. The third-order valence-corrected chi connectivity index (χ3v) is 13.3. The van der Waals surface area contributed by atoms with Gasteiger partial charge in [-0.15, -0.1) is 0 Å². The predicted molar refractivity (Wildman–Crippen MR) is 320 cm³/mol. The van der Waals surface area contributed by atoms with Gasteiger partial charge in [0, 0.05) is 19.3 Å². The van der Waals surface area contributed by atoms with Crippen LogP contribution in [0.5, 0.6) is 0 Å². The number of ether oxygens (including phenoxy) is 3. The molecule has 0 amide bonds. The summed E-state index contributed by atoms with van der Waals surface area (Å²) in [6.45, 7) is 6.47. The van der Waals surface area contributed by atoms with E-state index in [-0.39, 0.29) is 31.1 Å². The number of hydrogen-bond donors (Lipinski definition) is 0.